The predicted molar refractivity (Wildman–Crippen MR) is 92.1 cm³/mol. The highest BCUT2D eigenvalue weighted by Crippen LogP contribution is 2.24. The van der Waals surface area contributed by atoms with Gasteiger partial charge in [-0.05, 0) is 44.9 Å². The molecule has 0 heterocycles. The Balaban J connectivity index is 2.92. The molecule has 0 spiro atoms. The van der Waals surface area contributed by atoms with Crippen LogP contribution in [0.15, 0.2) is 18.2 Å². The molecule has 0 radical (unpaired) electrons. The Hall–Kier alpha value is -1.06. The van der Waals surface area contributed by atoms with E-state index in [-0.39, 0.29) is 0 Å². The van der Waals surface area contributed by atoms with E-state index in [4.69, 9.17) is 4.74 Å². The molecule has 1 rings (SSSR count). The van der Waals surface area contributed by atoms with E-state index in [1.165, 1.54) is 16.8 Å². The maximum atomic E-state index is 5.33. The van der Waals surface area contributed by atoms with Crippen LogP contribution in [0.1, 0.15) is 38.8 Å². The van der Waals surface area contributed by atoms with Crippen LogP contribution in [-0.4, -0.2) is 32.8 Å². The minimum Gasteiger partial charge on any atom is -0.383 e. The van der Waals surface area contributed by atoms with Crippen LogP contribution in [0.2, 0.25) is 0 Å². The van der Waals surface area contributed by atoms with E-state index >= 15 is 0 Å². The van der Waals surface area contributed by atoms with Crippen molar-refractivity contribution in [3.8, 4) is 0 Å². The molecule has 1 aromatic carbocycles. The molecule has 3 nitrogen and oxygen atoms in total. The number of methoxy groups -OCH3 is 1. The molecule has 1 atom stereocenters. The van der Waals surface area contributed by atoms with Crippen LogP contribution < -0.4 is 10.2 Å². The zero-order chi connectivity index (χ0) is 15.8. The summed E-state index contributed by atoms with van der Waals surface area (Å²) < 4.78 is 5.33. The average Bonchev–Trinajstić information content (AvgIpc) is 2.41. The van der Waals surface area contributed by atoms with Crippen molar-refractivity contribution < 1.29 is 4.74 Å². The van der Waals surface area contributed by atoms with E-state index in [1.54, 1.807) is 7.11 Å². The zero-order valence-electron chi connectivity index (χ0n) is 14.6. The number of hydrogen-bond donors (Lipinski definition) is 1. The number of nitrogens with zero attached hydrogens (tertiary/aromatic N) is 1. The molecule has 0 saturated carbocycles. The number of aryl methyl sites for hydroxylation is 1. The van der Waals surface area contributed by atoms with Crippen LogP contribution in [-0.2, 0) is 11.3 Å². The summed E-state index contributed by atoms with van der Waals surface area (Å²) in [7, 11) is 1.77. The summed E-state index contributed by atoms with van der Waals surface area (Å²) in [6, 6.07) is 7.12. The molecule has 1 aromatic rings. The predicted octanol–water partition coefficient (Wildman–Crippen LogP) is 3.60. The summed E-state index contributed by atoms with van der Waals surface area (Å²) in [5.74, 6) is 0.674. The summed E-state index contributed by atoms with van der Waals surface area (Å²) >= 11 is 0. The quantitative estimate of drug-likeness (QED) is 0.752. The molecule has 0 saturated heterocycles. The fourth-order valence-corrected chi connectivity index (χ4v) is 2.68. The summed E-state index contributed by atoms with van der Waals surface area (Å²) in [5, 5.41) is 3.56. The third-order valence-corrected chi connectivity index (χ3v) is 3.69. The van der Waals surface area contributed by atoms with Crippen LogP contribution in [0.25, 0.3) is 0 Å². The number of nitrogens with one attached hydrogen (secondary N) is 1. The number of ether oxygens (including phenoxy) is 1. The molecule has 0 amide bonds. The van der Waals surface area contributed by atoms with Gasteiger partial charge in [-0.25, -0.2) is 0 Å². The number of hydrogen-bond acceptors (Lipinski definition) is 3. The SMILES string of the molecule is CCN(c1ccc(C)cc1CNCC(C)C)C(C)COC. The molecule has 1 unspecified atom stereocenters. The third-order valence-electron chi connectivity index (χ3n) is 3.69. The third kappa shape index (κ3) is 5.68. The van der Waals surface area contributed by atoms with Gasteiger partial charge in [0, 0.05) is 31.9 Å². The molecule has 3 heteroatoms. The second-order valence-corrected chi connectivity index (χ2v) is 6.25. The molecule has 0 aromatic heterocycles. The van der Waals surface area contributed by atoms with E-state index in [0.29, 0.717) is 12.0 Å². The van der Waals surface area contributed by atoms with Gasteiger partial charge in [-0.15, -0.1) is 0 Å². The topological polar surface area (TPSA) is 24.5 Å². The van der Waals surface area contributed by atoms with Gasteiger partial charge in [0.05, 0.1) is 6.61 Å². The molecule has 1 N–H and O–H groups in total. The Morgan fingerprint density at radius 3 is 2.52 bits per heavy atom. The van der Waals surface area contributed by atoms with Crippen molar-refractivity contribution in [2.24, 2.45) is 5.92 Å². The summed E-state index contributed by atoms with van der Waals surface area (Å²) in [5.41, 5.74) is 4.01. The first-order valence-electron chi connectivity index (χ1n) is 8.05. The van der Waals surface area contributed by atoms with Crippen molar-refractivity contribution in [3.05, 3.63) is 29.3 Å². The Labute approximate surface area is 130 Å². The second kappa shape index (κ2) is 9.06. The summed E-state index contributed by atoms with van der Waals surface area (Å²) in [6.07, 6.45) is 0. The molecule has 0 aliphatic heterocycles. The maximum Gasteiger partial charge on any atom is 0.0663 e. The molecule has 0 aliphatic rings. The van der Waals surface area contributed by atoms with Crippen molar-refractivity contribution in [1.29, 1.82) is 0 Å². The number of rotatable bonds is 9. The van der Waals surface area contributed by atoms with Crippen molar-refractivity contribution >= 4 is 5.69 Å². The first-order chi connectivity index (χ1) is 9.99. The average molecular weight is 292 g/mol. The highest BCUT2D eigenvalue weighted by molar-refractivity contribution is 5.55. The van der Waals surface area contributed by atoms with Crippen LogP contribution in [0, 0.1) is 12.8 Å². The van der Waals surface area contributed by atoms with Gasteiger partial charge in [0.15, 0.2) is 0 Å². The van der Waals surface area contributed by atoms with Gasteiger partial charge in [0.2, 0.25) is 0 Å². The highest BCUT2D eigenvalue weighted by Gasteiger charge is 2.16. The van der Waals surface area contributed by atoms with Crippen LogP contribution in [0.5, 0.6) is 0 Å². The standard InChI is InChI=1S/C18H32N2O/c1-7-20(16(5)13-21-6)18-9-8-15(4)10-17(18)12-19-11-14(2)3/h8-10,14,16,19H,7,11-13H2,1-6H3. The Kier molecular flexibility index (Phi) is 7.76. The zero-order valence-corrected chi connectivity index (χ0v) is 14.6. The van der Waals surface area contributed by atoms with Gasteiger partial charge in [0.1, 0.15) is 0 Å². The van der Waals surface area contributed by atoms with Crippen LogP contribution >= 0.6 is 0 Å². The lowest BCUT2D eigenvalue weighted by Gasteiger charge is -2.32. The van der Waals surface area contributed by atoms with E-state index in [1.807, 2.05) is 0 Å². The summed E-state index contributed by atoms with van der Waals surface area (Å²) in [4.78, 5) is 2.43. The first kappa shape index (κ1) is 18.0. The fraction of sp³-hybridized carbons (Fsp3) is 0.667. The normalized spacial score (nSPS) is 12.7. The molecular weight excluding hydrogens is 260 g/mol. The van der Waals surface area contributed by atoms with E-state index in [0.717, 1.165) is 26.2 Å². The van der Waals surface area contributed by atoms with E-state index in [9.17, 15) is 0 Å². The number of anilines is 1. The molecule has 0 bridgehead atoms. The lowest BCUT2D eigenvalue weighted by Crippen LogP contribution is -2.37. The monoisotopic (exact) mass is 292 g/mol. The smallest absolute Gasteiger partial charge is 0.0663 e. The lowest BCUT2D eigenvalue weighted by molar-refractivity contribution is 0.182. The summed E-state index contributed by atoms with van der Waals surface area (Å²) in [6.45, 7) is 14.8. The number of likely N-dealkylation sites (N-methyl/N-ethyl adjacent to an activating group) is 1. The van der Waals surface area contributed by atoms with Crippen LogP contribution in [0.3, 0.4) is 0 Å². The van der Waals surface area contributed by atoms with E-state index < -0.39 is 0 Å². The minimum absolute atomic E-state index is 0.381. The molecule has 0 fully saturated rings. The molecule has 120 valence electrons. The molecular formula is C18H32N2O. The van der Waals surface area contributed by atoms with E-state index in [2.05, 4.69) is 63.0 Å². The minimum atomic E-state index is 0.381. The highest BCUT2D eigenvalue weighted by atomic mass is 16.5. The largest absolute Gasteiger partial charge is 0.383 e. The van der Waals surface area contributed by atoms with Crippen molar-refractivity contribution in [2.75, 3.05) is 31.7 Å². The van der Waals surface area contributed by atoms with Crippen molar-refractivity contribution in [2.45, 2.75) is 47.2 Å². The van der Waals surface area contributed by atoms with Crippen LogP contribution in [0.4, 0.5) is 5.69 Å². The maximum absolute atomic E-state index is 5.33. The number of benzene rings is 1. The molecule has 21 heavy (non-hydrogen) atoms. The molecule has 0 aliphatic carbocycles. The van der Waals surface area contributed by atoms with Gasteiger partial charge >= 0.3 is 0 Å². The van der Waals surface area contributed by atoms with Gasteiger partial charge < -0.3 is 15.0 Å². The van der Waals surface area contributed by atoms with Gasteiger partial charge in [0.25, 0.3) is 0 Å². The van der Waals surface area contributed by atoms with Gasteiger partial charge in [-0.3, -0.25) is 0 Å². The van der Waals surface area contributed by atoms with Gasteiger partial charge in [-0.1, -0.05) is 31.5 Å². The van der Waals surface area contributed by atoms with Gasteiger partial charge in [-0.2, -0.15) is 0 Å². The second-order valence-electron chi connectivity index (χ2n) is 6.25. The first-order valence-corrected chi connectivity index (χ1v) is 8.05. The Morgan fingerprint density at radius 2 is 1.95 bits per heavy atom. The Morgan fingerprint density at radius 1 is 1.24 bits per heavy atom. The van der Waals surface area contributed by atoms with Crippen molar-refractivity contribution in [1.82, 2.24) is 5.32 Å². The van der Waals surface area contributed by atoms with Crippen molar-refractivity contribution in [3.63, 3.8) is 0 Å². The Bertz CT molecular complexity index is 418. The fourth-order valence-electron chi connectivity index (χ4n) is 2.68. The lowest BCUT2D eigenvalue weighted by atomic mass is 10.1.